The zero-order valence-electron chi connectivity index (χ0n) is 9.23. The minimum atomic E-state index is 1.01. The van der Waals surface area contributed by atoms with Crippen molar-refractivity contribution in [3.8, 4) is 35.5 Å². The van der Waals surface area contributed by atoms with Crippen LogP contribution in [0.2, 0.25) is 0 Å². The summed E-state index contributed by atoms with van der Waals surface area (Å²) in [6.45, 7) is 5.64. The highest BCUT2D eigenvalue weighted by atomic mass is 14.0. The van der Waals surface area contributed by atoms with E-state index >= 15 is 0 Å². The third-order valence-electron chi connectivity index (χ3n) is 1.88. The van der Waals surface area contributed by atoms with Crippen molar-refractivity contribution in [2.45, 2.75) is 20.8 Å². The molecular formula is C15H12. The molecule has 0 fully saturated rings. The van der Waals surface area contributed by atoms with Gasteiger partial charge < -0.3 is 0 Å². The van der Waals surface area contributed by atoms with Crippen LogP contribution in [0.15, 0.2) is 18.2 Å². The van der Waals surface area contributed by atoms with E-state index in [1.165, 1.54) is 0 Å². The summed E-state index contributed by atoms with van der Waals surface area (Å²) in [6.07, 6.45) is 0. The van der Waals surface area contributed by atoms with Crippen molar-refractivity contribution in [2.75, 3.05) is 0 Å². The first-order valence-electron chi connectivity index (χ1n) is 4.74. The molecule has 0 heterocycles. The summed E-state index contributed by atoms with van der Waals surface area (Å²) >= 11 is 0. The molecule has 0 heteroatoms. The lowest BCUT2D eigenvalue weighted by molar-refractivity contribution is 1.42. The average Bonchev–Trinajstić information content (AvgIpc) is 2.22. The zero-order valence-corrected chi connectivity index (χ0v) is 9.23. The summed E-state index contributed by atoms with van der Waals surface area (Å²) in [7, 11) is 0. The van der Waals surface area contributed by atoms with Crippen LogP contribution in [0.1, 0.15) is 30.5 Å². The first-order chi connectivity index (χ1) is 7.27. The van der Waals surface area contributed by atoms with E-state index in [1.807, 2.05) is 32.0 Å². The molecule has 1 rings (SSSR count). The van der Waals surface area contributed by atoms with Crippen molar-refractivity contribution in [1.82, 2.24) is 0 Å². The fourth-order valence-electron chi connectivity index (χ4n) is 1.19. The molecule has 0 saturated carbocycles. The lowest BCUT2D eigenvalue weighted by atomic mass is 10.1. The Morgan fingerprint density at radius 1 is 0.933 bits per heavy atom. The molecule has 1 aromatic rings. The van der Waals surface area contributed by atoms with Gasteiger partial charge in [0.05, 0.1) is 0 Å². The van der Waals surface area contributed by atoms with Crippen molar-refractivity contribution >= 4 is 0 Å². The lowest BCUT2D eigenvalue weighted by Crippen LogP contribution is -1.83. The van der Waals surface area contributed by atoms with Crippen LogP contribution in [0.25, 0.3) is 0 Å². The minimum absolute atomic E-state index is 1.01. The van der Waals surface area contributed by atoms with Crippen molar-refractivity contribution in [1.29, 1.82) is 0 Å². The first-order valence-corrected chi connectivity index (χ1v) is 4.74. The van der Waals surface area contributed by atoms with Gasteiger partial charge in [-0.3, -0.25) is 0 Å². The maximum absolute atomic E-state index is 3.02. The second-order valence-electron chi connectivity index (χ2n) is 3.03. The Morgan fingerprint density at radius 2 is 1.73 bits per heavy atom. The second kappa shape index (κ2) is 5.59. The molecule has 0 aromatic heterocycles. The van der Waals surface area contributed by atoms with Gasteiger partial charge in [-0.15, -0.1) is 5.92 Å². The summed E-state index contributed by atoms with van der Waals surface area (Å²) in [5.74, 6) is 17.2. The van der Waals surface area contributed by atoms with Gasteiger partial charge in [0.2, 0.25) is 0 Å². The van der Waals surface area contributed by atoms with Crippen LogP contribution in [0, 0.1) is 42.4 Å². The van der Waals surface area contributed by atoms with Gasteiger partial charge in [-0.25, -0.2) is 0 Å². The smallest absolute Gasteiger partial charge is 0.0285 e. The third kappa shape index (κ3) is 3.27. The highest BCUT2D eigenvalue weighted by Gasteiger charge is 1.94. The molecule has 15 heavy (non-hydrogen) atoms. The Balaban J connectivity index is 3.06. The third-order valence-corrected chi connectivity index (χ3v) is 1.88. The van der Waals surface area contributed by atoms with Gasteiger partial charge in [0.15, 0.2) is 0 Å². The lowest BCUT2D eigenvalue weighted by Gasteiger charge is -1.97. The highest BCUT2D eigenvalue weighted by molar-refractivity contribution is 5.48. The fourth-order valence-corrected chi connectivity index (χ4v) is 1.19. The van der Waals surface area contributed by atoms with Gasteiger partial charge in [-0.1, -0.05) is 17.8 Å². The molecule has 0 radical (unpaired) electrons. The second-order valence-corrected chi connectivity index (χ2v) is 3.03. The average molecular weight is 192 g/mol. The topological polar surface area (TPSA) is 0 Å². The van der Waals surface area contributed by atoms with E-state index < -0.39 is 0 Å². The summed E-state index contributed by atoms with van der Waals surface area (Å²) in [4.78, 5) is 0. The van der Waals surface area contributed by atoms with E-state index in [0.717, 1.165) is 16.7 Å². The Morgan fingerprint density at radius 3 is 2.33 bits per heavy atom. The fraction of sp³-hybridized carbons (Fsp3) is 0.200. The van der Waals surface area contributed by atoms with Gasteiger partial charge in [0.1, 0.15) is 0 Å². The van der Waals surface area contributed by atoms with Crippen LogP contribution in [-0.4, -0.2) is 0 Å². The monoisotopic (exact) mass is 192 g/mol. The predicted molar refractivity (Wildman–Crippen MR) is 64.1 cm³/mol. The van der Waals surface area contributed by atoms with Gasteiger partial charge in [0.25, 0.3) is 0 Å². The molecule has 0 saturated heterocycles. The Bertz CT molecular complexity index is 529. The van der Waals surface area contributed by atoms with E-state index in [4.69, 9.17) is 0 Å². The zero-order chi connectivity index (χ0) is 11.1. The van der Waals surface area contributed by atoms with E-state index in [1.54, 1.807) is 6.92 Å². The molecule has 0 spiro atoms. The van der Waals surface area contributed by atoms with Gasteiger partial charge in [-0.2, -0.15) is 0 Å². The quantitative estimate of drug-likeness (QED) is 0.554. The van der Waals surface area contributed by atoms with Crippen LogP contribution in [-0.2, 0) is 0 Å². The number of hydrogen-bond acceptors (Lipinski definition) is 0. The number of aryl methyl sites for hydroxylation is 1. The van der Waals surface area contributed by atoms with Crippen molar-refractivity contribution < 1.29 is 0 Å². The van der Waals surface area contributed by atoms with E-state index in [2.05, 4.69) is 35.5 Å². The van der Waals surface area contributed by atoms with Crippen LogP contribution in [0.3, 0.4) is 0 Å². The molecule has 0 amide bonds. The van der Waals surface area contributed by atoms with E-state index in [9.17, 15) is 0 Å². The molecule has 72 valence electrons. The normalized spacial score (nSPS) is 7.40. The Labute approximate surface area is 91.7 Å². The maximum Gasteiger partial charge on any atom is 0.0285 e. The van der Waals surface area contributed by atoms with Gasteiger partial charge >= 0.3 is 0 Å². The standard InChI is InChI=1S/C15H12/c1-4-6-7-9-15-11-10-14(8-5-2)12-13(15)3/h10-12H,1-3H3. The molecule has 1 aromatic carbocycles. The molecule has 0 bridgehead atoms. The Hall–Kier alpha value is -2.10. The van der Waals surface area contributed by atoms with Crippen LogP contribution >= 0.6 is 0 Å². The Kier molecular flexibility index (Phi) is 4.09. The summed E-state index contributed by atoms with van der Waals surface area (Å²) in [5, 5.41) is 0. The number of rotatable bonds is 0. The summed E-state index contributed by atoms with van der Waals surface area (Å²) in [6, 6.07) is 6.01. The SMILES string of the molecule is CC#CC#Cc1ccc(C#CC)cc1C. The van der Waals surface area contributed by atoms with Crippen LogP contribution in [0.5, 0.6) is 0 Å². The largest absolute Gasteiger partial charge is 0.101 e. The highest BCUT2D eigenvalue weighted by Crippen LogP contribution is 2.08. The summed E-state index contributed by atoms with van der Waals surface area (Å²) in [5.41, 5.74) is 3.18. The van der Waals surface area contributed by atoms with Crippen molar-refractivity contribution in [3.63, 3.8) is 0 Å². The van der Waals surface area contributed by atoms with Crippen LogP contribution in [0.4, 0.5) is 0 Å². The van der Waals surface area contributed by atoms with Crippen LogP contribution < -0.4 is 0 Å². The molecule has 0 unspecified atom stereocenters. The van der Waals surface area contributed by atoms with Gasteiger partial charge in [0, 0.05) is 11.1 Å². The van der Waals surface area contributed by atoms with E-state index in [-0.39, 0.29) is 0 Å². The number of benzene rings is 1. The van der Waals surface area contributed by atoms with E-state index in [0.29, 0.717) is 0 Å². The molecule has 0 nitrogen and oxygen atoms in total. The first kappa shape index (κ1) is 11.0. The molecule has 0 aliphatic carbocycles. The maximum atomic E-state index is 3.02. The molecule has 0 aliphatic heterocycles. The molecule has 0 atom stereocenters. The minimum Gasteiger partial charge on any atom is -0.101 e. The molecular weight excluding hydrogens is 180 g/mol. The van der Waals surface area contributed by atoms with Gasteiger partial charge in [-0.05, 0) is 56.4 Å². The molecule has 0 N–H and O–H groups in total. The predicted octanol–water partition coefficient (Wildman–Crippen LogP) is 2.74. The van der Waals surface area contributed by atoms with Crippen molar-refractivity contribution in [3.05, 3.63) is 34.9 Å². The summed E-state index contributed by atoms with van der Waals surface area (Å²) < 4.78 is 0. The van der Waals surface area contributed by atoms with Crippen molar-refractivity contribution in [2.24, 2.45) is 0 Å². The molecule has 0 aliphatic rings. The number of hydrogen-bond donors (Lipinski definition) is 0.